The number of nitrogens with zero attached hydrogens (tertiary/aromatic N) is 1. The van der Waals surface area contributed by atoms with Gasteiger partial charge >= 0.3 is 6.61 Å². The fourth-order valence-electron chi connectivity index (χ4n) is 1.54. The number of halogens is 2. The molecule has 0 saturated carbocycles. The molecule has 4 nitrogen and oxygen atoms in total. The molecule has 1 heterocycles. The molecule has 0 amide bonds. The first-order valence-corrected chi connectivity index (χ1v) is 5.59. The Labute approximate surface area is 109 Å². The molecule has 0 spiro atoms. The van der Waals surface area contributed by atoms with Crippen molar-refractivity contribution in [1.82, 2.24) is 4.98 Å². The first kappa shape index (κ1) is 13.1. The number of alkyl halides is 2. The van der Waals surface area contributed by atoms with Crippen LogP contribution in [0.3, 0.4) is 0 Å². The molecule has 19 heavy (non-hydrogen) atoms. The Morgan fingerprint density at radius 3 is 2.74 bits per heavy atom. The Balaban J connectivity index is 2.25. The van der Waals surface area contributed by atoms with Crippen LogP contribution in [0.1, 0.15) is 5.56 Å². The lowest BCUT2D eigenvalue weighted by Crippen LogP contribution is -2.05. The minimum atomic E-state index is -2.87. The van der Waals surface area contributed by atoms with Crippen LogP contribution in [0.2, 0.25) is 0 Å². The van der Waals surface area contributed by atoms with E-state index in [1.165, 1.54) is 12.3 Å². The second kappa shape index (κ2) is 5.51. The van der Waals surface area contributed by atoms with Gasteiger partial charge in [-0.05, 0) is 30.7 Å². The van der Waals surface area contributed by atoms with Gasteiger partial charge in [0, 0.05) is 0 Å². The van der Waals surface area contributed by atoms with Crippen LogP contribution in [0.25, 0.3) is 0 Å². The predicted octanol–water partition coefficient (Wildman–Crippen LogP) is 3.32. The standard InChI is InChI=1S/C13H13F2N3O/c1-8-6-12(17-7-9(8)16)18-10-4-2-3-5-11(10)19-13(14)15/h2-7,13H,16H2,1H3,(H,17,18). The third-order valence-corrected chi connectivity index (χ3v) is 2.52. The van der Waals surface area contributed by atoms with E-state index < -0.39 is 6.61 Å². The largest absolute Gasteiger partial charge is 0.433 e. The van der Waals surface area contributed by atoms with Crippen LogP contribution in [0.4, 0.5) is 26.0 Å². The smallest absolute Gasteiger partial charge is 0.387 e. The van der Waals surface area contributed by atoms with Gasteiger partial charge in [-0.2, -0.15) is 8.78 Å². The highest BCUT2D eigenvalue weighted by molar-refractivity contribution is 5.65. The van der Waals surface area contributed by atoms with Gasteiger partial charge in [0.15, 0.2) is 0 Å². The normalized spacial score (nSPS) is 10.5. The van der Waals surface area contributed by atoms with E-state index in [2.05, 4.69) is 15.0 Å². The summed E-state index contributed by atoms with van der Waals surface area (Å²) in [6.45, 7) is -1.03. The third kappa shape index (κ3) is 3.31. The summed E-state index contributed by atoms with van der Waals surface area (Å²) in [6.07, 6.45) is 1.51. The lowest BCUT2D eigenvalue weighted by molar-refractivity contribution is -0.0493. The van der Waals surface area contributed by atoms with Gasteiger partial charge in [0.05, 0.1) is 17.6 Å². The second-order valence-electron chi connectivity index (χ2n) is 3.93. The molecule has 6 heteroatoms. The van der Waals surface area contributed by atoms with Gasteiger partial charge in [-0.15, -0.1) is 0 Å². The zero-order valence-electron chi connectivity index (χ0n) is 10.2. The Morgan fingerprint density at radius 2 is 2.05 bits per heavy atom. The summed E-state index contributed by atoms with van der Waals surface area (Å²) in [5.74, 6) is 0.575. The zero-order valence-corrected chi connectivity index (χ0v) is 10.2. The van der Waals surface area contributed by atoms with Gasteiger partial charge in [-0.3, -0.25) is 0 Å². The number of para-hydroxylation sites is 2. The number of nitrogens with two attached hydrogens (primary N) is 1. The lowest BCUT2D eigenvalue weighted by atomic mass is 10.2. The highest BCUT2D eigenvalue weighted by Gasteiger charge is 2.09. The molecule has 0 bridgehead atoms. The highest BCUT2D eigenvalue weighted by atomic mass is 19.3. The molecule has 2 rings (SSSR count). The van der Waals surface area contributed by atoms with E-state index in [1.54, 1.807) is 24.3 Å². The molecular formula is C13H13F2N3O. The van der Waals surface area contributed by atoms with Crippen molar-refractivity contribution in [2.24, 2.45) is 0 Å². The van der Waals surface area contributed by atoms with Crippen molar-refractivity contribution in [2.45, 2.75) is 13.5 Å². The summed E-state index contributed by atoms with van der Waals surface area (Å²) in [4.78, 5) is 4.08. The number of aryl methyl sites for hydroxylation is 1. The van der Waals surface area contributed by atoms with E-state index in [0.717, 1.165) is 5.56 Å². The molecule has 0 fully saturated rings. The molecule has 100 valence electrons. The summed E-state index contributed by atoms with van der Waals surface area (Å²) < 4.78 is 29.0. The Bertz CT molecular complexity index is 576. The molecule has 0 unspecified atom stereocenters. The van der Waals surface area contributed by atoms with Crippen molar-refractivity contribution in [2.75, 3.05) is 11.1 Å². The molecule has 2 aromatic rings. The van der Waals surface area contributed by atoms with E-state index in [4.69, 9.17) is 5.73 Å². The van der Waals surface area contributed by atoms with Gasteiger partial charge in [-0.25, -0.2) is 4.98 Å². The van der Waals surface area contributed by atoms with E-state index in [0.29, 0.717) is 17.2 Å². The molecule has 0 aliphatic heterocycles. The third-order valence-electron chi connectivity index (χ3n) is 2.52. The first-order chi connectivity index (χ1) is 9.06. The number of pyridine rings is 1. The quantitative estimate of drug-likeness (QED) is 0.890. The monoisotopic (exact) mass is 265 g/mol. The Kier molecular flexibility index (Phi) is 3.79. The van der Waals surface area contributed by atoms with Gasteiger partial charge in [-0.1, -0.05) is 12.1 Å². The van der Waals surface area contributed by atoms with Gasteiger partial charge in [0.2, 0.25) is 0 Å². The van der Waals surface area contributed by atoms with Crippen molar-refractivity contribution in [1.29, 1.82) is 0 Å². The summed E-state index contributed by atoms with van der Waals surface area (Å²) in [7, 11) is 0. The molecule has 1 aromatic heterocycles. The van der Waals surface area contributed by atoms with Gasteiger partial charge in [0.25, 0.3) is 0 Å². The molecular weight excluding hydrogens is 252 g/mol. The molecule has 0 saturated heterocycles. The van der Waals surface area contributed by atoms with Crippen LogP contribution in [0.5, 0.6) is 5.75 Å². The molecule has 0 aliphatic carbocycles. The van der Waals surface area contributed by atoms with Crippen LogP contribution >= 0.6 is 0 Å². The fraction of sp³-hybridized carbons (Fsp3) is 0.154. The van der Waals surface area contributed by atoms with Crippen molar-refractivity contribution < 1.29 is 13.5 Å². The molecule has 1 aromatic carbocycles. The summed E-state index contributed by atoms with van der Waals surface area (Å²) in [5.41, 5.74) is 7.50. The minimum absolute atomic E-state index is 0.0637. The Hall–Kier alpha value is -2.37. The number of hydrogen-bond acceptors (Lipinski definition) is 4. The summed E-state index contributed by atoms with van der Waals surface area (Å²) >= 11 is 0. The Morgan fingerprint density at radius 1 is 1.32 bits per heavy atom. The van der Waals surface area contributed by atoms with E-state index in [9.17, 15) is 8.78 Å². The van der Waals surface area contributed by atoms with E-state index >= 15 is 0 Å². The van der Waals surface area contributed by atoms with Crippen molar-refractivity contribution >= 4 is 17.2 Å². The zero-order chi connectivity index (χ0) is 13.8. The molecule has 0 aliphatic rings. The number of benzene rings is 1. The average molecular weight is 265 g/mol. The maximum Gasteiger partial charge on any atom is 0.387 e. The number of anilines is 3. The number of hydrogen-bond donors (Lipinski definition) is 2. The lowest BCUT2D eigenvalue weighted by Gasteiger charge is -2.12. The van der Waals surface area contributed by atoms with Crippen molar-refractivity contribution in [3.63, 3.8) is 0 Å². The maximum atomic E-state index is 12.3. The fourth-order valence-corrected chi connectivity index (χ4v) is 1.54. The van der Waals surface area contributed by atoms with Crippen LogP contribution < -0.4 is 15.8 Å². The minimum Gasteiger partial charge on any atom is -0.433 e. The van der Waals surface area contributed by atoms with Gasteiger partial charge < -0.3 is 15.8 Å². The van der Waals surface area contributed by atoms with E-state index in [1.807, 2.05) is 6.92 Å². The predicted molar refractivity (Wildman–Crippen MR) is 69.7 cm³/mol. The second-order valence-corrected chi connectivity index (χ2v) is 3.93. The van der Waals surface area contributed by atoms with Gasteiger partial charge in [0.1, 0.15) is 11.6 Å². The van der Waals surface area contributed by atoms with Crippen LogP contribution in [0, 0.1) is 6.92 Å². The van der Waals surface area contributed by atoms with Crippen LogP contribution in [0.15, 0.2) is 36.5 Å². The number of nitrogens with one attached hydrogen (secondary N) is 1. The SMILES string of the molecule is Cc1cc(Nc2ccccc2OC(F)F)ncc1N. The summed E-state index contributed by atoms with van der Waals surface area (Å²) in [6, 6.07) is 8.15. The molecule has 3 N–H and O–H groups in total. The molecule has 0 radical (unpaired) electrons. The number of nitrogen functional groups attached to an aromatic ring is 1. The van der Waals surface area contributed by atoms with Crippen LogP contribution in [-0.2, 0) is 0 Å². The first-order valence-electron chi connectivity index (χ1n) is 5.59. The summed E-state index contributed by atoms with van der Waals surface area (Å²) in [5, 5.41) is 2.92. The number of ether oxygens (including phenoxy) is 1. The maximum absolute atomic E-state index is 12.3. The van der Waals surface area contributed by atoms with Crippen molar-refractivity contribution in [3.8, 4) is 5.75 Å². The highest BCUT2D eigenvalue weighted by Crippen LogP contribution is 2.28. The average Bonchev–Trinajstić information content (AvgIpc) is 2.36. The number of aromatic nitrogens is 1. The number of rotatable bonds is 4. The topological polar surface area (TPSA) is 60.2 Å². The van der Waals surface area contributed by atoms with E-state index in [-0.39, 0.29) is 5.75 Å². The van der Waals surface area contributed by atoms with Crippen molar-refractivity contribution in [3.05, 3.63) is 42.1 Å². The molecule has 0 atom stereocenters. The van der Waals surface area contributed by atoms with Crippen LogP contribution in [-0.4, -0.2) is 11.6 Å².